The minimum absolute atomic E-state index is 0.248. The maximum Gasteiger partial charge on any atom is 0.339 e. The number of carbonyl (C=O) groups excluding carboxylic acids is 1. The molecule has 1 fully saturated rings. The smallest absolute Gasteiger partial charge is 0.339 e. The first-order chi connectivity index (χ1) is 17.2. The summed E-state index contributed by atoms with van der Waals surface area (Å²) in [6, 6.07) is 36.9. The maximum absolute atomic E-state index is 13.3. The van der Waals surface area contributed by atoms with Crippen molar-refractivity contribution in [3.63, 3.8) is 0 Å². The van der Waals surface area contributed by atoms with Crippen LogP contribution in [0.4, 0.5) is 0 Å². The minimum Gasteiger partial charge on any atom is -0.497 e. The van der Waals surface area contributed by atoms with E-state index < -0.39 is 5.60 Å². The van der Waals surface area contributed by atoms with Gasteiger partial charge in [0.25, 0.3) is 0 Å². The topological polar surface area (TPSA) is 35.5 Å². The van der Waals surface area contributed by atoms with E-state index in [1.165, 1.54) is 14.7 Å². The van der Waals surface area contributed by atoms with Crippen molar-refractivity contribution in [3.05, 3.63) is 120 Å². The lowest BCUT2D eigenvalue weighted by molar-refractivity contribution is -0.0184. The normalized spacial score (nSPS) is 14.6. The summed E-state index contributed by atoms with van der Waals surface area (Å²) >= 11 is 0. The second-order valence-corrected chi connectivity index (χ2v) is 10.8. The maximum atomic E-state index is 13.3. The molecule has 4 aromatic carbocycles. The second kappa shape index (κ2) is 10.4. The van der Waals surface area contributed by atoms with Crippen LogP contribution in [0, 0.1) is 0 Å². The Bertz CT molecular complexity index is 1220. The van der Waals surface area contributed by atoms with Crippen LogP contribution in [-0.4, -0.2) is 13.1 Å². The fourth-order valence-corrected chi connectivity index (χ4v) is 6.87. The summed E-state index contributed by atoms with van der Waals surface area (Å²) in [4.78, 5) is 17.0. The van der Waals surface area contributed by atoms with Crippen molar-refractivity contribution in [1.29, 1.82) is 0 Å². The summed E-state index contributed by atoms with van der Waals surface area (Å²) in [5.41, 5.74) is 0.990. The standard InChI is InChI=1S/C31H29O3S/c1-33-26-12-10-11-25(23-26)31(21-8-9-22-31)34-30(32)24-17-19-29(20-18-24)35(27-13-4-2-5-14-27)28-15-6-3-7-16-28/h2-7,10-20,23H,8-9,21-22H2,1H3/q+1. The van der Waals surface area contributed by atoms with E-state index in [4.69, 9.17) is 9.47 Å². The number of rotatable bonds is 7. The molecule has 0 aromatic heterocycles. The molecule has 0 unspecified atom stereocenters. The molecule has 4 heteroatoms. The Morgan fingerprint density at radius 1 is 0.714 bits per heavy atom. The van der Waals surface area contributed by atoms with Gasteiger partial charge in [-0.25, -0.2) is 4.79 Å². The van der Waals surface area contributed by atoms with Crippen molar-refractivity contribution in [2.75, 3.05) is 7.11 Å². The first-order valence-electron chi connectivity index (χ1n) is 12.0. The lowest BCUT2D eigenvalue weighted by Crippen LogP contribution is -2.29. The van der Waals surface area contributed by atoms with Crippen molar-refractivity contribution in [2.24, 2.45) is 0 Å². The predicted molar refractivity (Wildman–Crippen MR) is 140 cm³/mol. The molecule has 0 atom stereocenters. The lowest BCUT2D eigenvalue weighted by Gasteiger charge is -2.30. The van der Waals surface area contributed by atoms with Gasteiger partial charge in [-0.05, 0) is 91.9 Å². The van der Waals surface area contributed by atoms with E-state index in [1.807, 2.05) is 48.5 Å². The number of benzene rings is 4. The molecule has 1 aliphatic carbocycles. The molecule has 0 aliphatic heterocycles. The zero-order valence-corrected chi connectivity index (χ0v) is 20.7. The van der Waals surface area contributed by atoms with Crippen LogP contribution in [-0.2, 0) is 21.2 Å². The minimum atomic E-state index is -0.595. The third-order valence-corrected chi connectivity index (χ3v) is 8.81. The summed E-state index contributed by atoms with van der Waals surface area (Å²) < 4.78 is 11.7. The van der Waals surface area contributed by atoms with E-state index >= 15 is 0 Å². The van der Waals surface area contributed by atoms with E-state index in [0.717, 1.165) is 37.0 Å². The van der Waals surface area contributed by atoms with Crippen LogP contribution in [0.25, 0.3) is 0 Å². The van der Waals surface area contributed by atoms with Crippen molar-refractivity contribution >= 4 is 16.9 Å². The number of hydrogen-bond donors (Lipinski definition) is 0. The van der Waals surface area contributed by atoms with Gasteiger partial charge in [-0.15, -0.1) is 0 Å². The Balaban J connectivity index is 1.42. The van der Waals surface area contributed by atoms with Gasteiger partial charge in [-0.3, -0.25) is 0 Å². The summed E-state index contributed by atoms with van der Waals surface area (Å²) in [5.74, 6) is 0.503. The molecule has 4 aromatic rings. The molecule has 0 bridgehead atoms. The van der Waals surface area contributed by atoms with Gasteiger partial charge in [0, 0.05) is 0 Å². The van der Waals surface area contributed by atoms with E-state index in [9.17, 15) is 4.79 Å². The Labute approximate surface area is 210 Å². The Morgan fingerprint density at radius 2 is 1.29 bits per heavy atom. The molecule has 1 saturated carbocycles. The Hall–Kier alpha value is -3.50. The zero-order chi connectivity index (χ0) is 24.1. The molecule has 5 rings (SSSR count). The summed E-state index contributed by atoms with van der Waals surface area (Å²) in [5, 5.41) is 0. The van der Waals surface area contributed by atoms with Gasteiger partial charge in [-0.2, -0.15) is 0 Å². The molecular weight excluding hydrogens is 452 g/mol. The Morgan fingerprint density at radius 3 is 1.86 bits per heavy atom. The summed E-state index contributed by atoms with van der Waals surface area (Å²) in [6.07, 6.45) is 3.74. The molecule has 0 spiro atoms. The van der Waals surface area contributed by atoms with Gasteiger partial charge >= 0.3 is 5.97 Å². The highest BCUT2D eigenvalue weighted by Gasteiger charge is 2.40. The van der Waals surface area contributed by atoms with Crippen LogP contribution in [0.1, 0.15) is 41.6 Å². The second-order valence-electron chi connectivity index (χ2n) is 8.78. The van der Waals surface area contributed by atoms with E-state index in [0.29, 0.717) is 5.56 Å². The third-order valence-electron chi connectivity index (χ3n) is 6.58. The van der Waals surface area contributed by atoms with Gasteiger partial charge in [-0.1, -0.05) is 48.5 Å². The molecule has 3 nitrogen and oxygen atoms in total. The van der Waals surface area contributed by atoms with Crippen LogP contribution < -0.4 is 4.74 Å². The van der Waals surface area contributed by atoms with Crippen LogP contribution in [0.2, 0.25) is 0 Å². The third kappa shape index (κ3) is 4.98. The van der Waals surface area contributed by atoms with Crippen LogP contribution >= 0.6 is 0 Å². The Kier molecular flexibility index (Phi) is 6.91. The van der Waals surface area contributed by atoms with Crippen LogP contribution in [0.3, 0.4) is 0 Å². The van der Waals surface area contributed by atoms with Crippen LogP contribution in [0.5, 0.6) is 5.75 Å². The monoisotopic (exact) mass is 481 g/mol. The average Bonchev–Trinajstić information content (AvgIpc) is 3.40. The van der Waals surface area contributed by atoms with Crippen molar-refractivity contribution in [3.8, 4) is 5.75 Å². The van der Waals surface area contributed by atoms with Gasteiger partial charge in [0.15, 0.2) is 14.7 Å². The average molecular weight is 482 g/mol. The van der Waals surface area contributed by atoms with Gasteiger partial charge in [0.1, 0.15) is 11.4 Å². The molecule has 176 valence electrons. The van der Waals surface area contributed by atoms with E-state index in [-0.39, 0.29) is 16.9 Å². The summed E-state index contributed by atoms with van der Waals surface area (Å²) in [6.45, 7) is 0. The quantitative estimate of drug-likeness (QED) is 0.204. The van der Waals surface area contributed by atoms with Crippen molar-refractivity contribution in [2.45, 2.75) is 46.0 Å². The first-order valence-corrected chi connectivity index (χ1v) is 13.2. The highest BCUT2D eigenvalue weighted by molar-refractivity contribution is 7.97. The van der Waals surface area contributed by atoms with E-state index in [1.54, 1.807) is 7.11 Å². The van der Waals surface area contributed by atoms with E-state index in [2.05, 4.69) is 60.7 Å². The molecule has 35 heavy (non-hydrogen) atoms. The van der Waals surface area contributed by atoms with Crippen molar-refractivity contribution in [1.82, 2.24) is 0 Å². The number of methoxy groups -OCH3 is 1. The molecule has 0 radical (unpaired) electrons. The first kappa shape index (κ1) is 23.3. The van der Waals surface area contributed by atoms with Crippen LogP contribution in [0.15, 0.2) is 124 Å². The SMILES string of the molecule is COc1cccc(C2(OC(=O)c3ccc([S+](c4ccccc4)c4ccccc4)cc3)CCCC2)c1. The van der Waals surface area contributed by atoms with Gasteiger partial charge in [0.05, 0.1) is 23.6 Å². The molecule has 0 saturated heterocycles. The lowest BCUT2D eigenvalue weighted by atomic mass is 9.91. The predicted octanol–water partition coefficient (Wildman–Crippen LogP) is 7.42. The molecule has 0 N–H and O–H groups in total. The molecule has 0 amide bonds. The fourth-order valence-electron chi connectivity index (χ4n) is 4.79. The van der Waals surface area contributed by atoms with Crippen molar-refractivity contribution < 1.29 is 14.3 Å². The highest BCUT2D eigenvalue weighted by atomic mass is 32.2. The largest absolute Gasteiger partial charge is 0.497 e. The van der Waals surface area contributed by atoms with Gasteiger partial charge < -0.3 is 9.47 Å². The number of ether oxygens (including phenoxy) is 2. The molecular formula is C31H29O3S+. The molecule has 1 aliphatic rings. The fraction of sp³-hybridized carbons (Fsp3) is 0.194. The molecule has 0 heterocycles. The van der Waals surface area contributed by atoms with Gasteiger partial charge in [0.2, 0.25) is 0 Å². The number of esters is 1. The summed E-state index contributed by atoms with van der Waals surface area (Å²) in [7, 11) is 1.41. The number of carbonyl (C=O) groups is 1. The zero-order valence-electron chi connectivity index (χ0n) is 19.9. The highest BCUT2D eigenvalue weighted by Crippen LogP contribution is 2.43. The number of hydrogen-bond acceptors (Lipinski definition) is 3.